The molecular weight excluding hydrogens is 472 g/mol. The molecule has 0 aliphatic carbocycles. The second-order valence-electron chi connectivity index (χ2n) is 11.1. The number of nitrogens with zero attached hydrogens (tertiary/aromatic N) is 1. The molecule has 2 amide bonds. The number of benzene rings is 1. The Kier molecular flexibility index (Phi) is 10.3. The van der Waals surface area contributed by atoms with Gasteiger partial charge in [0.05, 0.1) is 6.33 Å². The predicted molar refractivity (Wildman–Crippen MR) is 142 cm³/mol. The van der Waals surface area contributed by atoms with Crippen molar-refractivity contribution in [1.29, 1.82) is 0 Å². The minimum Gasteiger partial charge on any atom is -0.459 e. The van der Waals surface area contributed by atoms with Crippen molar-refractivity contribution in [3.8, 4) is 0 Å². The molecule has 0 fully saturated rings. The molecule has 2 unspecified atom stereocenters. The highest BCUT2D eigenvalue weighted by molar-refractivity contribution is 5.90. The topological polar surface area (TPSA) is 122 Å². The third-order valence-corrected chi connectivity index (χ3v) is 6.15. The van der Waals surface area contributed by atoms with Gasteiger partial charge in [0.2, 0.25) is 5.91 Å². The van der Waals surface area contributed by atoms with E-state index in [1.165, 1.54) is 0 Å². The zero-order valence-electron chi connectivity index (χ0n) is 23.5. The number of imidazole rings is 1. The molecule has 2 rings (SSSR count). The van der Waals surface area contributed by atoms with Crippen molar-refractivity contribution in [2.45, 2.75) is 92.5 Å². The Labute approximate surface area is 220 Å². The molecule has 0 radical (unpaired) electrons. The molecule has 3 N–H and O–H groups in total. The Morgan fingerprint density at radius 3 is 2.19 bits per heavy atom. The molecular formula is C28H42N4O5. The van der Waals surface area contributed by atoms with Crippen LogP contribution in [0.25, 0.3) is 0 Å². The van der Waals surface area contributed by atoms with Gasteiger partial charge in [-0.05, 0) is 56.2 Å². The highest BCUT2D eigenvalue weighted by Crippen LogP contribution is 2.27. The van der Waals surface area contributed by atoms with E-state index in [0.29, 0.717) is 0 Å². The van der Waals surface area contributed by atoms with Crippen molar-refractivity contribution in [3.05, 3.63) is 53.1 Å². The van der Waals surface area contributed by atoms with Gasteiger partial charge in [-0.15, -0.1) is 0 Å². The third kappa shape index (κ3) is 8.61. The molecule has 37 heavy (non-hydrogen) atoms. The van der Waals surface area contributed by atoms with Crippen LogP contribution in [0.2, 0.25) is 0 Å². The summed E-state index contributed by atoms with van der Waals surface area (Å²) in [7, 11) is 0. The molecule has 204 valence electrons. The van der Waals surface area contributed by atoms with Crippen LogP contribution in [0.5, 0.6) is 0 Å². The van der Waals surface area contributed by atoms with Gasteiger partial charge in [-0.2, -0.15) is 0 Å². The summed E-state index contributed by atoms with van der Waals surface area (Å²) in [5, 5.41) is 5.39. The smallest absolute Gasteiger partial charge is 0.408 e. The first kappa shape index (κ1) is 29.9. The van der Waals surface area contributed by atoms with Crippen LogP contribution in [0.15, 0.2) is 30.7 Å². The van der Waals surface area contributed by atoms with Gasteiger partial charge in [0.1, 0.15) is 24.3 Å². The lowest BCUT2D eigenvalue weighted by Crippen LogP contribution is -2.55. The van der Waals surface area contributed by atoms with E-state index >= 15 is 0 Å². The molecule has 0 bridgehead atoms. The lowest BCUT2D eigenvalue weighted by Gasteiger charge is -2.28. The van der Waals surface area contributed by atoms with Crippen LogP contribution in [0, 0.1) is 18.8 Å². The first-order valence-corrected chi connectivity index (χ1v) is 12.7. The molecule has 1 heterocycles. The van der Waals surface area contributed by atoms with Gasteiger partial charge >= 0.3 is 12.1 Å². The third-order valence-electron chi connectivity index (χ3n) is 6.15. The number of hydrogen-bond donors (Lipinski definition) is 3. The van der Waals surface area contributed by atoms with Gasteiger partial charge in [-0.3, -0.25) is 4.79 Å². The lowest BCUT2D eigenvalue weighted by atomic mass is 9.91. The molecule has 1 aromatic heterocycles. The fourth-order valence-corrected chi connectivity index (χ4v) is 3.95. The molecule has 0 saturated heterocycles. The average Bonchev–Trinajstić information content (AvgIpc) is 3.33. The number of amides is 2. The van der Waals surface area contributed by atoms with Crippen LogP contribution in [-0.4, -0.2) is 45.6 Å². The number of hydrogen-bond acceptors (Lipinski definition) is 6. The maximum Gasteiger partial charge on any atom is 0.408 e. The van der Waals surface area contributed by atoms with E-state index in [-0.39, 0.29) is 24.4 Å². The van der Waals surface area contributed by atoms with Crippen molar-refractivity contribution in [2.24, 2.45) is 11.8 Å². The second-order valence-corrected chi connectivity index (χ2v) is 11.1. The van der Waals surface area contributed by atoms with Crippen molar-refractivity contribution < 1.29 is 23.9 Å². The SMILES string of the molecule is Cc1c(COC(=O)C(NC(=O)C(NC(=O)OC(C)(C)C)C(C)C)C(C)C)cccc1[C@H](C)c1cnc[nH]1. The number of carbonyl (C=O) groups is 3. The Bertz CT molecular complexity index is 1060. The number of ether oxygens (including phenoxy) is 2. The highest BCUT2D eigenvalue weighted by Gasteiger charge is 2.32. The van der Waals surface area contributed by atoms with Crippen molar-refractivity contribution >= 4 is 18.0 Å². The number of H-pyrrole nitrogens is 1. The molecule has 9 nitrogen and oxygen atoms in total. The average molecular weight is 515 g/mol. The summed E-state index contributed by atoms with van der Waals surface area (Å²) in [5.74, 6) is -1.35. The van der Waals surface area contributed by atoms with Gasteiger partial charge in [0.25, 0.3) is 0 Å². The molecule has 2 aromatic rings. The number of aromatic amines is 1. The maximum absolute atomic E-state index is 13.1. The number of alkyl carbamates (subject to hydrolysis) is 1. The number of aromatic nitrogens is 2. The number of rotatable bonds is 10. The Morgan fingerprint density at radius 2 is 1.65 bits per heavy atom. The fourth-order valence-electron chi connectivity index (χ4n) is 3.95. The first-order valence-electron chi connectivity index (χ1n) is 12.7. The van der Waals surface area contributed by atoms with E-state index in [1.807, 2.05) is 52.8 Å². The summed E-state index contributed by atoms with van der Waals surface area (Å²) in [4.78, 5) is 45.6. The van der Waals surface area contributed by atoms with Crippen LogP contribution in [0.1, 0.15) is 83.7 Å². The van der Waals surface area contributed by atoms with Gasteiger partial charge in [0.15, 0.2) is 0 Å². The Morgan fingerprint density at radius 1 is 1.00 bits per heavy atom. The molecule has 0 spiro atoms. The van der Waals surface area contributed by atoms with Crippen molar-refractivity contribution in [3.63, 3.8) is 0 Å². The summed E-state index contributed by atoms with van der Waals surface area (Å²) in [6.07, 6.45) is 2.76. The molecule has 0 aliphatic heterocycles. The zero-order valence-corrected chi connectivity index (χ0v) is 23.5. The van der Waals surface area contributed by atoms with Gasteiger partial charge < -0.3 is 25.1 Å². The van der Waals surface area contributed by atoms with Crippen molar-refractivity contribution in [1.82, 2.24) is 20.6 Å². The van der Waals surface area contributed by atoms with E-state index < -0.39 is 35.7 Å². The number of nitrogens with one attached hydrogen (secondary N) is 3. The molecule has 0 saturated carbocycles. The van der Waals surface area contributed by atoms with Crippen LogP contribution in [-0.2, 0) is 25.7 Å². The van der Waals surface area contributed by atoms with E-state index in [2.05, 4.69) is 27.5 Å². The van der Waals surface area contributed by atoms with E-state index in [0.717, 1.165) is 22.4 Å². The summed E-state index contributed by atoms with van der Waals surface area (Å²) in [6.45, 7) is 16.7. The standard InChI is InChI=1S/C28H42N4O5/c1-16(2)23(32-27(35)37-28(7,8)9)25(33)31-24(17(3)4)26(34)36-14-20-11-10-12-21(18(20)5)19(6)22-13-29-15-30-22/h10-13,15-17,19,23-24H,14H2,1-9H3,(H,29,30)(H,31,33)(H,32,35)/t19-,23?,24?/m0/s1. The minimum absolute atomic E-state index is 0.0804. The second kappa shape index (κ2) is 12.7. The Balaban J connectivity index is 2.09. The summed E-state index contributed by atoms with van der Waals surface area (Å²) in [6, 6.07) is 4.17. The highest BCUT2D eigenvalue weighted by atomic mass is 16.6. The number of esters is 1. The normalized spacial score (nSPS) is 14.1. The molecule has 1 aromatic carbocycles. The Hall–Kier alpha value is -3.36. The summed E-state index contributed by atoms with van der Waals surface area (Å²) in [5.41, 5.74) is 3.33. The summed E-state index contributed by atoms with van der Waals surface area (Å²) < 4.78 is 11.0. The predicted octanol–water partition coefficient (Wildman–Crippen LogP) is 4.60. The van der Waals surface area contributed by atoms with Gasteiger partial charge in [-0.1, -0.05) is 52.8 Å². The lowest BCUT2D eigenvalue weighted by molar-refractivity contribution is -0.150. The van der Waals surface area contributed by atoms with E-state index in [4.69, 9.17) is 9.47 Å². The summed E-state index contributed by atoms with van der Waals surface area (Å²) >= 11 is 0. The first-order chi connectivity index (χ1) is 17.2. The van der Waals surface area contributed by atoms with Crippen LogP contribution >= 0.6 is 0 Å². The quantitative estimate of drug-likeness (QED) is 0.398. The van der Waals surface area contributed by atoms with Crippen LogP contribution in [0.4, 0.5) is 4.79 Å². The fraction of sp³-hybridized carbons (Fsp3) is 0.571. The largest absolute Gasteiger partial charge is 0.459 e. The van der Waals surface area contributed by atoms with E-state index in [1.54, 1.807) is 33.3 Å². The minimum atomic E-state index is -0.874. The van der Waals surface area contributed by atoms with E-state index in [9.17, 15) is 14.4 Å². The molecule has 3 atom stereocenters. The van der Waals surface area contributed by atoms with Crippen molar-refractivity contribution in [2.75, 3.05) is 0 Å². The van der Waals surface area contributed by atoms with Gasteiger partial charge in [0, 0.05) is 17.8 Å². The monoisotopic (exact) mass is 514 g/mol. The van der Waals surface area contributed by atoms with Crippen LogP contribution in [0.3, 0.4) is 0 Å². The maximum atomic E-state index is 13.1. The van der Waals surface area contributed by atoms with Crippen LogP contribution < -0.4 is 10.6 Å². The number of carbonyl (C=O) groups excluding carboxylic acids is 3. The zero-order chi connectivity index (χ0) is 27.9. The molecule has 0 aliphatic rings. The molecule has 9 heteroatoms. The van der Waals surface area contributed by atoms with Gasteiger partial charge in [-0.25, -0.2) is 14.6 Å².